The van der Waals surface area contributed by atoms with E-state index in [1.54, 1.807) is 0 Å². The van der Waals surface area contributed by atoms with Crippen molar-refractivity contribution < 1.29 is 0 Å². The number of likely N-dealkylation sites (tertiary alicyclic amines) is 1. The summed E-state index contributed by atoms with van der Waals surface area (Å²) in [5.41, 5.74) is 2.72. The molecule has 1 aliphatic carbocycles. The number of benzene rings is 1. The van der Waals surface area contributed by atoms with Gasteiger partial charge in [0, 0.05) is 38.8 Å². The van der Waals surface area contributed by atoms with Crippen LogP contribution in [0.2, 0.25) is 0 Å². The van der Waals surface area contributed by atoms with Crippen molar-refractivity contribution in [2.24, 2.45) is 10.9 Å². The van der Waals surface area contributed by atoms with Crippen LogP contribution in [-0.4, -0.2) is 49.6 Å². The van der Waals surface area contributed by atoms with Crippen molar-refractivity contribution in [3.05, 3.63) is 48.0 Å². The van der Waals surface area contributed by atoms with E-state index in [0.717, 1.165) is 38.7 Å². The van der Waals surface area contributed by atoms with Crippen molar-refractivity contribution in [2.75, 3.05) is 32.7 Å². The molecule has 4 heteroatoms. The summed E-state index contributed by atoms with van der Waals surface area (Å²) in [5, 5.41) is 7.08. The summed E-state index contributed by atoms with van der Waals surface area (Å²) in [6.45, 7) is 13.4. The van der Waals surface area contributed by atoms with E-state index in [4.69, 9.17) is 4.99 Å². The zero-order valence-corrected chi connectivity index (χ0v) is 16.4. The highest BCUT2D eigenvalue weighted by Gasteiger charge is 2.37. The molecule has 1 saturated heterocycles. The van der Waals surface area contributed by atoms with Crippen molar-refractivity contribution in [3.8, 4) is 0 Å². The Kier molecular flexibility index (Phi) is 6.73. The van der Waals surface area contributed by atoms with Gasteiger partial charge in [0.1, 0.15) is 0 Å². The molecule has 26 heavy (non-hydrogen) atoms. The number of piperidine rings is 1. The molecule has 0 bridgehead atoms. The number of hydrogen-bond acceptors (Lipinski definition) is 2. The fourth-order valence-electron chi connectivity index (χ4n) is 3.90. The molecule has 1 aromatic rings. The van der Waals surface area contributed by atoms with Crippen LogP contribution in [0.5, 0.6) is 0 Å². The molecular formula is C22H34N4. The third kappa shape index (κ3) is 5.60. The lowest BCUT2D eigenvalue weighted by atomic mass is 10.0. The third-order valence-corrected chi connectivity index (χ3v) is 5.40. The smallest absolute Gasteiger partial charge is 0.191 e. The monoisotopic (exact) mass is 354 g/mol. The lowest BCUT2D eigenvalue weighted by Crippen LogP contribution is -2.49. The topological polar surface area (TPSA) is 39.7 Å². The molecular weight excluding hydrogens is 320 g/mol. The Morgan fingerprint density at radius 2 is 1.96 bits per heavy atom. The van der Waals surface area contributed by atoms with Crippen LogP contribution in [-0.2, 0) is 0 Å². The first-order valence-electron chi connectivity index (χ1n) is 10.1. The van der Waals surface area contributed by atoms with E-state index >= 15 is 0 Å². The zero-order chi connectivity index (χ0) is 18.4. The Hall–Kier alpha value is -1.81. The van der Waals surface area contributed by atoms with Gasteiger partial charge in [0.05, 0.1) is 0 Å². The van der Waals surface area contributed by atoms with Crippen molar-refractivity contribution in [3.63, 3.8) is 0 Å². The average Bonchev–Trinajstić information content (AvgIpc) is 3.41. The fourth-order valence-corrected chi connectivity index (χ4v) is 3.90. The maximum absolute atomic E-state index is 4.88. The summed E-state index contributed by atoms with van der Waals surface area (Å²) in [5.74, 6) is 2.39. The van der Waals surface area contributed by atoms with Gasteiger partial charge in [-0.1, -0.05) is 42.5 Å². The molecule has 2 N–H and O–H groups in total. The Morgan fingerprint density at radius 1 is 1.23 bits per heavy atom. The highest BCUT2D eigenvalue weighted by molar-refractivity contribution is 5.80. The Morgan fingerprint density at radius 3 is 2.62 bits per heavy atom. The lowest BCUT2D eigenvalue weighted by molar-refractivity contribution is 0.221. The van der Waals surface area contributed by atoms with Gasteiger partial charge in [-0.15, -0.1) is 0 Å². The van der Waals surface area contributed by atoms with E-state index in [2.05, 4.69) is 66.3 Å². The molecule has 2 atom stereocenters. The number of aliphatic imine (C=N–C) groups is 1. The van der Waals surface area contributed by atoms with Crippen LogP contribution in [0, 0.1) is 5.92 Å². The Bertz CT molecular complexity index is 602. The van der Waals surface area contributed by atoms with Crippen LogP contribution >= 0.6 is 0 Å². The van der Waals surface area contributed by atoms with Crippen LogP contribution < -0.4 is 10.6 Å². The molecule has 0 radical (unpaired) electrons. The van der Waals surface area contributed by atoms with Gasteiger partial charge in [-0.05, 0) is 50.5 Å². The summed E-state index contributed by atoms with van der Waals surface area (Å²) in [4.78, 5) is 7.38. The first kappa shape index (κ1) is 19.0. The van der Waals surface area contributed by atoms with Crippen LogP contribution in [0.4, 0.5) is 0 Å². The number of nitrogens with zero attached hydrogens (tertiary/aromatic N) is 2. The molecule has 2 aliphatic rings. The van der Waals surface area contributed by atoms with Gasteiger partial charge in [-0.2, -0.15) is 0 Å². The van der Waals surface area contributed by atoms with Crippen LogP contribution in [0.25, 0.3) is 0 Å². The lowest BCUT2D eigenvalue weighted by Gasteiger charge is -2.33. The van der Waals surface area contributed by atoms with E-state index in [9.17, 15) is 0 Å². The molecule has 0 amide bonds. The van der Waals surface area contributed by atoms with E-state index < -0.39 is 0 Å². The average molecular weight is 355 g/mol. The van der Waals surface area contributed by atoms with Crippen LogP contribution in [0.1, 0.15) is 44.6 Å². The van der Waals surface area contributed by atoms with Crippen LogP contribution in [0.3, 0.4) is 0 Å². The van der Waals surface area contributed by atoms with Crippen molar-refractivity contribution in [2.45, 2.75) is 45.1 Å². The molecule has 1 aliphatic heterocycles. The van der Waals surface area contributed by atoms with E-state index in [0.29, 0.717) is 17.9 Å². The van der Waals surface area contributed by atoms with Crippen molar-refractivity contribution in [1.29, 1.82) is 0 Å². The van der Waals surface area contributed by atoms with E-state index in [1.165, 1.54) is 30.4 Å². The second-order valence-corrected chi connectivity index (χ2v) is 7.88. The number of hydrogen-bond donors (Lipinski definition) is 2. The highest BCUT2D eigenvalue weighted by Crippen LogP contribution is 2.47. The Balaban J connectivity index is 1.46. The molecule has 1 aromatic carbocycles. The normalized spacial score (nSPS) is 24.3. The first-order valence-corrected chi connectivity index (χ1v) is 10.1. The molecule has 3 rings (SSSR count). The van der Waals surface area contributed by atoms with E-state index in [-0.39, 0.29) is 0 Å². The fraction of sp³-hybridized carbons (Fsp3) is 0.591. The maximum Gasteiger partial charge on any atom is 0.191 e. The summed E-state index contributed by atoms with van der Waals surface area (Å²) >= 11 is 0. The second-order valence-electron chi connectivity index (χ2n) is 7.88. The summed E-state index contributed by atoms with van der Waals surface area (Å²) in [7, 11) is 0. The molecule has 142 valence electrons. The number of rotatable bonds is 7. The molecule has 0 aromatic heterocycles. The highest BCUT2D eigenvalue weighted by atomic mass is 15.2. The summed E-state index contributed by atoms with van der Waals surface area (Å²) in [6, 6.07) is 11.4. The predicted octanol–water partition coefficient (Wildman–Crippen LogP) is 3.39. The van der Waals surface area contributed by atoms with Gasteiger partial charge >= 0.3 is 0 Å². The largest absolute Gasteiger partial charge is 0.357 e. The van der Waals surface area contributed by atoms with Crippen molar-refractivity contribution in [1.82, 2.24) is 15.5 Å². The van der Waals surface area contributed by atoms with Gasteiger partial charge in [0.2, 0.25) is 0 Å². The van der Waals surface area contributed by atoms with Crippen LogP contribution in [0.15, 0.2) is 47.5 Å². The maximum atomic E-state index is 4.88. The van der Waals surface area contributed by atoms with Gasteiger partial charge in [-0.25, -0.2) is 0 Å². The molecule has 2 fully saturated rings. The minimum Gasteiger partial charge on any atom is -0.357 e. The molecule has 2 unspecified atom stereocenters. The van der Waals surface area contributed by atoms with Crippen molar-refractivity contribution >= 4 is 5.96 Å². The number of nitrogens with one attached hydrogen (secondary N) is 2. The minimum atomic E-state index is 0.526. The predicted molar refractivity (Wildman–Crippen MR) is 111 cm³/mol. The SMILES string of the molecule is C=C(C)CN1CCC(NC(=NCC2CC2c2ccccc2)NCC)CC1. The minimum absolute atomic E-state index is 0.526. The van der Waals surface area contributed by atoms with E-state index in [1.807, 2.05) is 0 Å². The summed E-state index contributed by atoms with van der Waals surface area (Å²) < 4.78 is 0. The zero-order valence-electron chi connectivity index (χ0n) is 16.4. The quantitative estimate of drug-likeness (QED) is 0.448. The first-order chi connectivity index (χ1) is 12.7. The molecule has 4 nitrogen and oxygen atoms in total. The summed E-state index contributed by atoms with van der Waals surface area (Å²) in [6.07, 6.45) is 3.62. The standard InChI is InChI=1S/C22H34N4/c1-4-23-22(25-20-10-12-26(13-11-20)16-17(2)3)24-15-19-14-21(19)18-8-6-5-7-9-18/h5-9,19-21H,2,4,10-16H2,1,3H3,(H2,23,24,25). The molecule has 1 heterocycles. The van der Waals surface area contributed by atoms with Gasteiger partial charge in [0.25, 0.3) is 0 Å². The molecule has 0 spiro atoms. The third-order valence-electron chi connectivity index (χ3n) is 5.40. The second kappa shape index (κ2) is 9.22. The molecule has 1 saturated carbocycles. The number of guanidine groups is 1. The Labute approximate surface area is 158 Å². The van der Waals surface area contributed by atoms with Gasteiger partial charge in [-0.3, -0.25) is 9.89 Å². The van der Waals surface area contributed by atoms with Gasteiger partial charge < -0.3 is 10.6 Å². The van der Waals surface area contributed by atoms with Gasteiger partial charge in [0.15, 0.2) is 5.96 Å².